The lowest BCUT2D eigenvalue weighted by Gasteiger charge is -2.19. The summed E-state index contributed by atoms with van der Waals surface area (Å²) in [5.41, 5.74) is 0.554. The van der Waals surface area contributed by atoms with E-state index >= 15 is 0 Å². The van der Waals surface area contributed by atoms with Crippen LogP contribution in [0.1, 0.15) is 19.4 Å². The highest BCUT2D eigenvalue weighted by atomic mass is 16.4. The van der Waals surface area contributed by atoms with Gasteiger partial charge in [-0.15, -0.1) is 0 Å². The predicted molar refractivity (Wildman–Crippen MR) is 57.5 cm³/mol. The fraction of sp³-hybridized carbons (Fsp3) is 0.273. The Hall–Kier alpha value is -2.04. The molecule has 5 heteroatoms. The van der Waals surface area contributed by atoms with Gasteiger partial charge in [0.15, 0.2) is 5.58 Å². The standard InChI is InChI=1S/C11H11NO4/c1-11(2,9(13)14)6-3-4-8-7(5-6)12-10(15)16-8/h3-5H,1-2H3,(H,12,15)(H,13,14). The maximum Gasteiger partial charge on any atom is 0.417 e. The van der Waals surface area contributed by atoms with E-state index in [1.54, 1.807) is 32.0 Å². The van der Waals surface area contributed by atoms with Gasteiger partial charge in [-0.05, 0) is 31.5 Å². The van der Waals surface area contributed by atoms with E-state index in [2.05, 4.69) is 4.98 Å². The van der Waals surface area contributed by atoms with Crippen molar-refractivity contribution in [2.24, 2.45) is 0 Å². The molecule has 0 amide bonds. The van der Waals surface area contributed by atoms with Crippen molar-refractivity contribution in [3.63, 3.8) is 0 Å². The summed E-state index contributed by atoms with van der Waals surface area (Å²) in [4.78, 5) is 24.5. The van der Waals surface area contributed by atoms with Gasteiger partial charge in [0, 0.05) is 0 Å². The Morgan fingerprint density at radius 1 is 1.44 bits per heavy atom. The van der Waals surface area contributed by atoms with Crippen LogP contribution < -0.4 is 5.76 Å². The topological polar surface area (TPSA) is 83.3 Å². The Balaban J connectivity index is 2.63. The van der Waals surface area contributed by atoms with E-state index in [1.807, 2.05) is 0 Å². The molecule has 2 aromatic rings. The summed E-state index contributed by atoms with van der Waals surface area (Å²) in [5, 5.41) is 9.08. The number of rotatable bonds is 2. The van der Waals surface area contributed by atoms with Crippen LogP contribution in [0.3, 0.4) is 0 Å². The summed E-state index contributed by atoms with van der Waals surface area (Å²) in [7, 11) is 0. The molecule has 0 unspecified atom stereocenters. The zero-order chi connectivity index (χ0) is 11.9. The summed E-state index contributed by atoms with van der Waals surface area (Å²) in [5.74, 6) is -1.46. The molecule has 2 N–H and O–H groups in total. The average Bonchev–Trinajstić information content (AvgIpc) is 2.56. The van der Waals surface area contributed by atoms with E-state index in [0.717, 1.165) is 0 Å². The SMILES string of the molecule is CC(C)(C(=O)O)c1ccc2oc(=O)[nH]c2c1. The van der Waals surface area contributed by atoms with Crippen LogP contribution in [0.25, 0.3) is 11.1 Å². The third-order valence-electron chi connectivity index (χ3n) is 2.68. The van der Waals surface area contributed by atoms with E-state index in [0.29, 0.717) is 16.7 Å². The summed E-state index contributed by atoms with van der Waals surface area (Å²) in [6.45, 7) is 3.21. The van der Waals surface area contributed by atoms with E-state index in [9.17, 15) is 9.59 Å². The molecule has 16 heavy (non-hydrogen) atoms. The Kier molecular flexibility index (Phi) is 2.11. The van der Waals surface area contributed by atoms with Gasteiger partial charge in [-0.1, -0.05) is 6.07 Å². The van der Waals surface area contributed by atoms with Crippen LogP contribution in [-0.2, 0) is 10.2 Å². The minimum absolute atomic E-state index is 0.426. The van der Waals surface area contributed by atoms with Gasteiger partial charge in [-0.2, -0.15) is 0 Å². The first-order valence-electron chi connectivity index (χ1n) is 4.78. The number of nitrogens with one attached hydrogen (secondary N) is 1. The number of aromatic nitrogens is 1. The molecule has 0 atom stereocenters. The summed E-state index contributed by atoms with van der Waals surface area (Å²) in [6, 6.07) is 4.86. The normalized spacial score (nSPS) is 11.9. The number of hydrogen-bond acceptors (Lipinski definition) is 3. The van der Waals surface area contributed by atoms with Gasteiger partial charge in [-0.25, -0.2) is 4.79 Å². The van der Waals surface area contributed by atoms with Crippen molar-refractivity contribution in [1.82, 2.24) is 4.98 Å². The first-order valence-corrected chi connectivity index (χ1v) is 4.78. The number of aliphatic carboxylic acids is 1. The second kappa shape index (κ2) is 3.23. The Labute approximate surface area is 90.7 Å². The lowest BCUT2D eigenvalue weighted by Crippen LogP contribution is -2.28. The molecule has 5 nitrogen and oxygen atoms in total. The summed E-state index contributed by atoms with van der Waals surface area (Å²) < 4.78 is 4.84. The number of carboxylic acids is 1. The van der Waals surface area contributed by atoms with Crippen molar-refractivity contribution in [2.75, 3.05) is 0 Å². The van der Waals surface area contributed by atoms with Crippen molar-refractivity contribution >= 4 is 17.1 Å². The Bertz CT molecular complexity index is 606. The van der Waals surface area contributed by atoms with E-state index in [4.69, 9.17) is 9.52 Å². The molecule has 0 aliphatic carbocycles. The zero-order valence-electron chi connectivity index (χ0n) is 8.90. The molecule has 0 bridgehead atoms. The molecule has 1 aromatic carbocycles. The molecule has 0 radical (unpaired) electrons. The van der Waals surface area contributed by atoms with Crippen LogP contribution in [0.4, 0.5) is 0 Å². The van der Waals surface area contributed by atoms with E-state index in [1.165, 1.54) is 0 Å². The second-order valence-corrected chi connectivity index (χ2v) is 4.16. The molecular weight excluding hydrogens is 210 g/mol. The van der Waals surface area contributed by atoms with Crippen LogP contribution in [-0.4, -0.2) is 16.1 Å². The van der Waals surface area contributed by atoms with Crippen molar-refractivity contribution in [3.8, 4) is 0 Å². The largest absolute Gasteiger partial charge is 0.481 e. The number of aromatic amines is 1. The minimum Gasteiger partial charge on any atom is -0.481 e. The molecule has 0 saturated carbocycles. The molecule has 2 rings (SSSR count). The van der Waals surface area contributed by atoms with Crippen molar-refractivity contribution in [2.45, 2.75) is 19.3 Å². The van der Waals surface area contributed by atoms with Gasteiger partial charge in [0.2, 0.25) is 0 Å². The third kappa shape index (κ3) is 1.50. The van der Waals surface area contributed by atoms with Gasteiger partial charge < -0.3 is 9.52 Å². The highest BCUT2D eigenvalue weighted by molar-refractivity contribution is 5.83. The number of oxazole rings is 1. The highest BCUT2D eigenvalue weighted by Gasteiger charge is 2.29. The molecule has 84 valence electrons. The Morgan fingerprint density at radius 2 is 2.12 bits per heavy atom. The highest BCUT2D eigenvalue weighted by Crippen LogP contribution is 2.25. The number of carboxylic acid groups (broad SMARTS) is 1. The quantitative estimate of drug-likeness (QED) is 0.804. The first-order chi connectivity index (χ1) is 7.41. The van der Waals surface area contributed by atoms with Gasteiger partial charge in [0.25, 0.3) is 0 Å². The smallest absolute Gasteiger partial charge is 0.417 e. The van der Waals surface area contributed by atoms with Crippen LogP contribution >= 0.6 is 0 Å². The molecule has 0 spiro atoms. The number of benzene rings is 1. The molecule has 0 aliphatic heterocycles. The van der Waals surface area contributed by atoms with Gasteiger partial charge in [0.05, 0.1) is 10.9 Å². The zero-order valence-corrected chi connectivity index (χ0v) is 8.90. The molecular formula is C11H11NO4. The number of hydrogen-bond donors (Lipinski definition) is 2. The third-order valence-corrected chi connectivity index (χ3v) is 2.68. The van der Waals surface area contributed by atoms with Crippen LogP contribution in [0, 0.1) is 0 Å². The van der Waals surface area contributed by atoms with Crippen molar-refractivity contribution in [1.29, 1.82) is 0 Å². The number of carbonyl (C=O) groups is 1. The molecule has 0 aliphatic rings. The molecule has 0 saturated heterocycles. The van der Waals surface area contributed by atoms with E-state index in [-0.39, 0.29) is 0 Å². The molecule has 1 heterocycles. The van der Waals surface area contributed by atoms with Crippen molar-refractivity contribution in [3.05, 3.63) is 34.3 Å². The lowest BCUT2D eigenvalue weighted by atomic mass is 9.85. The summed E-state index contributed by atoms with van der Waals surface area (Å²) >= 11 is 0. The van der Waals surface area contributed by atoms with Crippen LogP contribution in [0.2, 0.25) is 0 Å². The van der Waals surface area contributed by atoms with Crippen LogP contribution in [0.15, 0.2) is 27.4 Å². The molecule has 1 aromatic heterocycles. The van der Waals surface area contributed by atoms with Crippen LogP contribution in [0.5, 0.6) is 0 Å². The van der Waals surface area contributed by atoms with Crippen molar-refractivity contribution < 1.29 is 14.3 Å². The van der Waals surface area contributed by atoms with E-state index < -0.39 is 17.1 Å². The lowest BCUT2D eigenvalue weighted by molar-refractivity contribution is -0.142. The van der Waals surface area contributed by atoms with Gasteiger partial charge in [0.1, 0.15) is 0 Å². The maximum absolute atomic E-state index is 11.1. The van der Waals surface area contributed by atoms with Gasteiger partial charge in [-0.3, -0.25) is 9.78 Å². The van der Waals surface area contributed by atoms with Gasteiger partial charge >= 0.3 is 11.7 Å². The predicted octanol–water partition coefficient (Wildman–Crippen LogP) is 1.48. The molecule has 0 fully saturated rings. The summed E-state index contributed by atoms with van der Waals surface area (Å²) in [6.07, 6.45) is 0. The average molecular weight is 221 g/mol. The second-order valence-electron chi connectivity index (χ2n) is 4.16. The number of fused-ring (bicyclic) bond motifs is 1. The fourth-order valence-corrected chi connectivity index (χ4v) is 1.46. The minimum atomic E-state index is -0.998. The fourth-order valence-electron chi connectivity index (χ4n) is 1.46. The first kappa shape index (κ1) is 10.5. The maximum atomic E-state index is 11.1. The number of H-pyrrole nitrogens is 1. The monoisotopic (exact) mass is 221 g/mol. The Morgan fingerprint density at radius 3 is 2.75 bits per heavy atom.